The molecule has 0 aromatic heterocycles. The van der Waals surface area contributed by atoms with E-state index in [4.69, 9.17) is 5.73 Å². The highest BCUT2D eigenvalue weighted by Crippen LogP contribution is 2.12. The zero-order chi connectivity index (χ0) is 12.7. The van der Waals surface area contributed by atoms with E-state index in [2.05, 4.69) is 6.92 Å². The Bertz CT molecular complexity index is 440. The van der Waals surface area contributed by atoms with Gasteiger partial charge in [0.05, 0.1) is 11.5 Å². The minimum atomic E-state index is -2.92. The van der Waals surface area contributed by atoms with Crippen LogP contribution < -0.4 is 5.73 Å². The molecule has 17 heavy (non-hydrogen) atoms. The summed E-state index contributed by atoms with van der Waals surface area (Å²) in [5.74, 6) is 0.499. The maximum atomic E-state index is 11.7. The molecular formula is C13H21NO2S. The summed E-state index contributed by atoms with van der Waals surface area (Å²) >= 11 is 0. The van der Waals surface area contributed by atoms with Crippen LogP contribution >= 0.6 is 0 Å². The summed E-state index contributed by atoms with van der Waals surface area (Å²) < 4.78 is 23.5. The zero-order valence-corrected chi connectivity index (χ0v) is 11.2. The lowest BCUT2D eigenvalue weighted by Crippen LogP contribution is -2.13. The van der Waals surface area contributed by atoms with E-state index in [-0.39, 0.29) is 5.75 Å². The van der Waals surface area contributed by atoms with Crippen molar-refractivity contribution in [2.24, 2.45) is 0 Å². The van der Waals surface area contributed by atoms with Gasteiger partial charge in [-0.25, -0.2) is 8.42 Å². The van der Waals surface area contributed by atoms with Gasteiger partial charge in [-0.05, 0) is 24.5 Å². The average Bonchev–Trinajstić information content (AvgIpc) is 2.28. The number of sulfone groups is 1. The predicted molar refractivity (Wildman–Crippen MR) is 72.7 cm³/mol. The lowest BCUT2D eigenvalue weighted by Gasteiger charge is -2.06. The van der Waals surface area contributed by atoms with Gasteiger partial charge in [0, 0.05) is 5.69 Å². The maximum absolute atomic E-state index is 11.7. The number of anilines is 1. The van der Waals surface area contributed by atoms with Crippen LogP contribution in [-0.4, -0.2) is 19.9 Å². The van der Waals surface area contributed by atoms with E-state index < -0.39 is 9.84 Å². The minimum Gasteiger partial charge on any atom is -0.399 e. The van der Waals surface area contributed by atoms with Crippen LogP contribution in [0.1, 0.15) is 31.7 Å². The lowest BCUT2D eigenvalue weighted by molar-refractivity contribution is 0.590. The molecule has 0 atom stereocenters. The van der Waals surface area contributed by atoms with Crippen molar-refractivity contribution in [3.63, 3.8) is 0 Å². The topological polar surface area (TPSA) is 60.2 Å². The fraction of sp³-hybridized carbons (Fsp3) is 0.538. The summed E-state index contributed by atoms with van der Waals surface area (Å²) in [7, 11) is -2.92. The maximum Gasteiger partial charge on any atom is 0.150 e. The Balaban J connectivity index is 2.47. The number of para-hydroxylation sites is 1. The Kier molecular flexibility index (Phi) is 5.48. The first kappa shape index (κ1) is 14.0. The number of rotatable bonds is 7. The number of hydrogen-bond acceptors (Lipinski definition) is 3. The van der Waals surface area contributed by atoms with E-state index >= 15 is 0 Å². The third-order valence-corrected chi connectivity index (χ3v) is 4.53. The molecule has 1 aromatic carbocycles. The van der Waals surface area contributed by atoms with Crippen molar-refractivity contribution < 1.29 is 8.42 Å². The van der Waals surface area contributed by atoms with Gasteiger partial charge < -0.3 is 5.73 Å². The van der Waals surface area contributed by atoms with E-state index in [1.165, 1.54) is 0 Å². The van der Waals surface area contributed by atoms with Gasteiger partial charge in [0.1, 0.15) is 0 Å². The molecule has 96 valence electrons. The Labute approximate surface area is 104 Å². The lowest BCUT2D eigenvalue weighted by atomic mass is 10.1. The molecule has 0 aliphatic rings. The first-order valence-electron chi connectivity index (χ1n) is 6.09. The van der Waals surface area contributed by atoms with Crippen molar-refractivity contribution in [1.29, 1.82) is 0 Å². The number of benzene rings is 1. The zero-order valence-electron chi connectivity index (χ0n) is 10.4. The second-order valence-corrected chi connectivity index (χ2v) is 6.61. The average molecular weight is 255 g/mol. The van der Waals surface area contributed by atoms with Crippen molar-refractivity contribution >= 4 is 15.5 Å². The monoisotopic (exact) mass is 255 g/mol. The molecular weight excluding hydrogens is 234 g/mol. The quantitative estimate of drug-likeness (QED) is 0.601. The van der Waals surface area contributed by atoms with Crippen LogP contribution in [0.25, 0.3) is 0 Å². The van der Waals surface area contributed by atoms with Crippen molar-refractivity contribution in [2.45, 2.75) is 32.6 Å². The number of unbranched alkanes of at least 4 members (excludes halogenated alkanes) is 2. The fourth-order valence-corrected chi connectivity index (χ4v) is 3.08. The van der Waals surface area contributed by atoms with Crippen LogP contribution in [0.15, 0.2) is 24.3 Å². The van der Waals surface area contributed by atoms with Gasteiger partial charge in [0.2, 0.25) is 0 Å². The molecule has 0 spiro atoms. The van der Waals surface area contributed by atoms with Crippen LogP contribution in [0.3, 0.4) is 0 Å². The van der Waals surface area contributed by atoms with Gasteiger partial charge in [-0.2, -0.15) is 0 Å². The normalized spacial score (nSPS) is 11.6. The molecule has 0 saturated heterocycles. The SMILES string of the molecule is CCCCCS(=O)(=O)CCc1ccccc1N. The minimum absolute atomic E-state index is 0.199. The fourth-order valence-electron chi connectivity index (χ4n) is 1.70. The smallest absolute Gasteiger partial charge is 0.150 e. The predicted octanol–water partition coefficient (Wildman–Crippen LogP) is 2.42. The van der Waals surface area contributed by atoms with Gasteiger partial charge in [-0.15, -0.1) is 0 Å². The van der Waals surface area contributed by atoms with E-state index in [0.717, 1.165) is 24.8 Å². The Morgan fingerprint density at radius 3 is 2.47 bits per heavy atom. The first-order valence-corrected chi connectivity index (χ1v) is 7.91. The molecule has 0 fully saturated rings. The van der Waals surface area contributed by atoms with Crippen LogP contribution in [-0.2, 0) is 16.3 Å². The van der Waals surface area contributed by atoms with Crippen molar-refractivity contribution in [1.82, 2.24) is 0 Å². The molecule has 0 aliphatic carbocycles. The Morgan fingerprint density at radius 2 is 1.82 bits per heavy atom. The highest BCUT2D eigenvalue weighted by Gasteiger charge is 2.11. The van der Waals surface area contributed by atoms with Crippen LogP contribution in [0, 0.1) is 0 Å². The summed E-state index contributed by atoms with van der Waals surface area (Å²) in [5.41, 5.74) is 7.38. The third-order valence-electron chi connectivity index (χ3n) is 2.80. The molecule has 0 unspecified atom stereocenters. The van der Waals surface area contributed by atoms with Crippen molar-refractivity contribution in [2.75, 3.05) is 17.2 Å². The molecule has 0 saturated carbocycles. The molecule has 1 aromatic rings. The van der Waals surface area contributed by atoms with E-state index in [9.17, 15) is 8.42 Å². The summed E-state index contributed by atoms with van der Waals surface area (Å²) in [5, 5.41) is 0. The van der Waals surface area contributed by atoms with Crippen molar-refractivity contribution in [3.05, 3.63) is 29.8 Å². The highest BCUT2D eigenvalue weighted by molar-refractivity contribution is 7.91. The third kappa shape index (κ3) is 5.22. The number of nitrogens with two attached hydrogens (primary N) is 1. The number of aryl methyl sites for hydroxylation is 1. The molecule has 3 nitrogen and oxygen atoms in total. The van der Waals surface area contributed by atoms with E-state index in [0.29, 0.717) is 17.9 Å². The van der Waals surface area contributed by atoms with Crippen LogP contribution in [0.4, 0.5) is 5.69 Å². The molecule has 0 amide bonds. The molecule has 0 heterocycles. The van der Waals surface area contributed by atoms with Crippen LogP contribution in [0.2, 0.25) is 0 Å². The molecule has 0 bridgehead atoms. The Morgan fingerprint density at radius 1 is 1.12 bits per heavy atom. The van der Waals surface area contributed by atoms with E-state index in [1.54, 1.807) is 6.07 Å². The molecule has 0 aliphatic heterocycles. The second kappa shape index (κ2) is 6.64. The van der Waals surface area contributed by atoms with Gasteiger partial charge in [-0.1, -0.05) is 38.0 Å². The number of hydrogen-bond donors (Lipinski definition) is 1. The van der Waals surface area contributed by atoms with Gasteiger partial charge in [-0.3, -0.25) is 0 Å². The van der Waals surface area contributed by atoms with Crippen molar-refractivity contribution in [3.8, 4) is 0 Å². The molecule has 4 heteroatoms. The molecule has 2 N–H and O–H groups in total. The molecule has 1 rings (SSSR count). The van der Waals surface area contributed by atoms with Gasteiger partial charge in [0.15, 0.2) is 9.84 Å². The summed E-state index contributed by atoms with van der Waals surface area (Å²) in [6.45, 7) is 2.07. The van der Waals surface area contributed by atoms with E-state index in [1.807, 2.05) is 18.2 Å². The summed E-state index contributed by atoms with van der Waals surface area (Å²) in [4.78, 5) is 0. The first-order chi connectivity index (χ1) is 8.05. The van der Waals surface area contributed by atoms with Gasteiger partial charge >= 0.3 is 0 Å². The second-order valence-electron chi connectivity index (χ2n) is 4.31. The largest absolute Gasteiger partial charge is 0.399 e. The summed E-state index contributed by atoms with van der Waals surface area (Å²) in [6, 6.07) is 7.43. The molecule has 0 radical (unpaired) electrons. The highest BCUT2D eigenvalue weighted by atomic mass is 32.2. The number of nitrogen functional groups attached to an aromatic ring is 1. The standard InChI is InChI=1S/C13H21NO2S/c1-2-3-6-10-17(15,16)11-9-12-7-4-5-8-13(12)14/h4-5,7-8H,2-3,6,9-11,14H2,1H3. The van der Waals surface area contributed by atoms with Gasteiger partial charge in [0.25, 0.3) is 0 Å². The summed E-state index contributed by atoms with van der Waals surface area (Å²) in [6.07, 6.45) is 3.30. The van der Waals surface area contributed by atoms with Crippen LogP contribution in [0.5, 0.6) is 0 Å². The Hall–Kier alpha value is -1.03.